The number of fused-ring (bicyclic) bond motifs is 2. The summed E-state index contributed by atoms with van der Waals surface area (Å²) in [4.78, 5) is 38.7. The van der Waals surface area contributed by atoms with Crippen LogP contribution in [0, 0.1) is 18.3 Å². The molecule has 6 atom stereocenters. The average Bonchev–Trinajstić information content (AvgIpc) is 3.55. The lowest BCUT2D eigenvalue weighted by molar-refractivity contribution is -0.170. The molecule has 0 amide bonds. The molecule has 0 saturated carbocycles. The van der Waals surface area contributed by atoms with Crippen LogP contribution in [0.15, 0.2) is 41.4 Å². The van der Waals surface area contributed by atoms with Crippen molar-refractivity contribution in [1.29, 1.82) is 0 Å². The van der Waals surface area contributed by atoms with E-state index < -0.39 is 44.2 Å². The molecule has 1 aliphatic rings. The van der Waals surface area contributed by atoms with Gasteiger partial charge in [-0.15, -0.1) is 0 Å². The Morgan fingerprint density at radius 2 is 1.98 bits per heavy atom. The first kappa shape index (κ1) is 36.1. The van der Waals surface area contributed by atoms with Gasteiger partial charge in [-0.05, 0) is 36.6 Å². The number of nitrogens with zero attached hydrogens (tertiary/aromatic N) is 5. The summed E-state index contributed by atoms with van der Waals surface area (Å²) >= 11 is 0. The van der Waals surface area contributed by atoms with Gasteiger partial charge >= 0.3 is 14.1 Å². The average molecular weight is 699 g/mol. The number of anilines is 1. The molecule has 15 nitrogen and oxygen atoms in total. The fraction of sp³-hybridized carbons (Fsp3) is 0.515. The lowest BCUT2D eigenvalue weighted by Crippen LogP contribution is -2.44. The van der Waals surface area contributed by atoms with Gasteiger partial charge < -0.3 is 39.8 Å². The van der Waals surface area contributed by atoms with Crippen LogP contribution in [0.4, 0.5) is 5.95 Å². The summed E-state index contributed by atoms with van der Waals surface area (Å²) in [5.41, 5.74) is 4.88. The van der Waals surface area contributed by atoms with Gasteiger partial charge in [0.1, 0.15) is 30.2 Å². The molecule has 1 fully saturated rings. The highest BCUT2D eigenvalue weighted by Crippen LogP contribution is 2.43. The Balaban J connectivity index is 1.39. The molecule has 5 rings (SSSR count). The summed E-state index contributed by atoms with van der Waals surface area (Å²) in [6.07, 6.45) is -2.10. The number of hydrogen-bond donors (Lipinski definition) is 3. The first-order chi connectivity index (χ1) is 23.0. The Bertz CT molecular complexity index is 1870. The number of carbonyl (C=O) groups is 1. The molecule has 264 valence electrons. The standard InChI is InChI=1S/C33H43N6O9P/c1-17(2)23(29(41)46-15-32(4,5)6)38-49(43)48-25-18(3)21(13-19-11-9-10-12-20(19)25)45-14-22-26(40)33(7,42)30(47-22)39-16-35-24-27(39)36-31(34)37-28(24)44-8/h9-13,16-17,22-23,26,30,40,42H,14-15H2,1-8H3,(H2,34,36,37)/t22-,23+,26-,30?,33-/m1/s1. The minimum Gasteiger partial charge on any atom is -0.575 e. The van der Waals surface area contributed by atoms with Crippen LogP contribution in [0.1, 0.15) is 53.3 Å². The van der Waals surface area contributed by atoms with Crippen LogP contribution >= 0.6 is 8.17 Å². The van der Waals surface area contributed by atoms with Crippen molar-refractivity contribution in [3.63, 3.8) is 0 Å². The van der Waals surface area contributed by atoms with Crippen molar-refractivity contribution in [2.45, 2.75) is 78.5 Å². The second kappa shape index (κ2) is 14.0. The van der Waals surface area contributed by atoms with E-state index in [0.29, 0.717) is 22.2 Å². The fourth-order valence-corrected chi connectivity index (χ4v) is 6.46. The topological polar surface area (TPSA) is 209 Å². The van der Waals surface area contributed by atoms with Gasteiger partial charge in [-0.1, -0.05) is 63.6 Å². The summed E-state index contributed by atoms with van der Waals surface area (Å²) in [5.74, 6) is -0.147. The van der Waals surface area contributed by atoms with E-state index in [0.717, 1.165) is 5.39 Å². The number of methoxy groups -OCH3 is 1. The molecule has 49 heavy (non-hydrogen) atoms. The zero-order valence-corrected chi connectivity index (χ0v) is 29.7. The monoisotopic (exact) mass is 698 g/mol. The van der Waals surface area contributed by atoms with Gasteiger partial charge in [-0.3, -0.25) is 9.09 Å². The first-order valence-corrected chi connectivity index (χ1v) is 16.9. The highest BCUT2D eigenvalue weighted by Gasteiger charge is 2.54. The third kappa shape index (κ3) is 7.55. The zero-order chi connectivity index (χ0) is 35.8. The maximum absolute atomic E-state index is 13.3. The number of nitrogen functional groups attached to an aromatic ring is 1. The number of rotatable bonds is 11. The summed E-state index contributed by atoms with van der Waals surface area (Å²) in [6, 6.07) is 8.10. The SMILES string of the molecule is COc1nc(N)nc2c1ncn2C1O[C@H](COc2cc3ccccc3c(O[P+]([O-])=N[C@H](C(=O)OCC(C)(C)C)C(C)C)c2C)[C@@H](O)[C@@]1(C)O. The van der Waals surface area contributed by atoms with Gasteiger partial charge in [0.05, 0.1) is 20.0 Å². The lowest BCUT2D eigenvalue weighted by atomic mass is 9.96. The minimum atomic E-state index is -2.70. The first-order valence-electron chi connectivity index (χ1n) is 15.8. The van der Waals surface area contributed by atoms with Crippen LogP contribution in [0.25, 0.3) is 21.9 Å². The molecule has 1 aliphatic heterocycles. The summed E-state index contributed by atoms with van der Waals surface area (Å²) in [7, 11) is -1.28. The van der Waals surface area contributed by atoms with Crippen molar-refractivity contribution in [1.82, 2.24) is 19.5 Å². The smallest absolute Gasteiger partial charge is 0.395 e. The third-order valence-electron chi connectivity index (χ3n) is 8.12. The maximum atomic E-state index is 13.3. The lowest BCUT2D eigenvalue weighted by Gasteiger charge is -2.27. The van der Waals surface area contributed by atoms with Crippen LogP contribution in [0.3, 0.4) is 0 Å². The third-order valence-corrected chi connectivity index (χ3v) is 8.90. The Kier molecular flexibility index (Phi) is 10.3. The number of aliphatic hydroxyl groups is 2. The van der Waals surface area contributed by atoms with E-state index in [1.807, 2.05) is 45.0 Å². The van der Waals surface area contributed by atoms with Crippen molar-refractivity contribution in [3.05, 3.63) is 42.2 Å². The van der Waals surface area contributed by atoms with Crippen LogP contribution in [-0.2, 0) is 14.3 Å². The van der Waals surface area contributed by atoms with E-state index in [1.165, 1.54) is 24.9 Å². The molecule has 0 bridgehead atoms. The molecule has 16 heteroatoms. The summed E-state index contributed by atoms with van der Waals surface area (Å²) in [5, 5.41) is 24.0. The quantitative estimate of drug-likeness (QED) is 0.151. The van der Waals surface area contributed by atoms with Gasteiger partial charge in [-0.25, -0.2) is 9.78 Å². The van der Waals surface area contributed by atoms with Gasteiger partial charge in [0, 0.05) is 10.9 Å². The van der Waals surface area contributed by atoms with Gasteiger partial charge in [0.15, 0.2) is 29.2 Å². The van der Waals surface area contributed by atoms with E-state index in [4.69, 9.17) is 29.2 Å². The number of carbonyl (C=O) groups excluding carboxylic acids is 1. The van der Waals surface area contributed by atoms with Crippen LogP contribution in [0.2, 0.25) is 0 Å². The fourth-order valence-electron chi connectivity index (χ4n) is 5.46. The van der Waals surface area contributed by atoms with Crippen LogP contribution in [0.5, 0.6) is 17.4 Å². The predicted molar refractivity (Wildman–Crippen MR) is 180 cm³/mol. The van der Waals surface area contributed by atoms with Crippen LogP contribution < -0.4 is 24.6 Å². The summed E-state index contributed by atoms with van der Waals surface area (Å²) in [6.45, 7) is 12.6. The second-order valence-electron chi connectivity index (χ2n) is 13.8. The van der Waals surface area contributed by atoms with Crippen molar-refractivity contribution in [2.75, 3.05) is 26.1 Å². The minimum absolute atomic E-state index is 0.0660. The molecule has 0 radical (unpaired) electrons. The normalized spacial score (nSPS) is 22.1. The van der Waals surface area contributed by atoms with Crippen LogP contribution in [-0.4, -0.2) is 79.9 Å². The number of aliphatic hydroxyl groups excluding tert-OH is 1. The van der Waals surface area contributed by atoms with E-state index in [9.17, 15) is 19.9 Å². The summed E-state index contributed by atoms with van der Waals surface area (Å²) < 4.78 is 34.6. The molecule has 3 heterocycles. The van der Waals surface area contributed by atoms with Gasteiger partial charge in [0.2, 0.25) is 11.8 Å². The van der Waals surface area contributed by atoms with Crippen molar-refractivity contribution in [3.8, 4) is 17.4 Å². The zero-order valence-electron chi connectivity index (χ0n) is 28.8. The van der Waals surface area contributed by atoms with Gasteiger partial charge in [0.25, 0.3) is 0 Å². The number of nitrogens with two attached hydrogens (primary N) is 1. The van der Waals surface area contributed by atoms with E-state index in [1.54, 1.807) is 26.8 Å². The van der Waals surface area contributed by atoms with E-state index in [2.05, 4.69) is 19.7 Å². The Morgan fingerprint density at radius 1 is 1.27 bits per heavy atom. The van der Waals surface area contributed by atoms with Crippen molar-refractivity contribution in [2.24, 2.45) is 16.1 Å². The maximum Gasteiger partial charge on any atom is 0.395 e. The molecule has 4 N–H and O–H groups in total. The molecule has 0 aliphatic carbocycles. The molecule has 2 aromatic carbocycles. The number of imidazole rings is 1. The highest BCUT2D eigenvalue weighted by atomic mass is 31.1. The Hall–Kier alpha value is -4.14. The molecule has 2 aromatic heterocycles. The molecule has 0 spiro atoms. The Labute approximate surface area is 285 Å². The van der Waals surface area contributed by atoms with Crippen molar-refractivity contribution < 1.29 is 43.4 Å². The largest absolute Gasteiger partial charge is 0.575 e. The number of esters is 1. The highest BCUT2D eigenvalue weighted by molar-refractivity contribution is 7.34. The molecular weight excluding hydrogens is 655 g/mol. The van der Waals surface area contributed by atoms with Gasteiger partial charge in [-0.2, -0.15) is 9.97 Å². The molecule has 1 saturated heterocycles. The predicted octanol–water partition coefficient (Wildman–Crippen LogP) is 3.82. The number of aromatic nitrogens is 4. The van der Waals surface area contributed by atoms with E-state index >= 15 is 0 Å². The van der Waals surface area contributed by atoms with E-state index in [-0.39, 0.29) is 47.8 Å². The number of hydrogen-bond acceptors (Lipinski definition) is 14. The molecular formula is C33H43N6O9P. The Morgan fingerprint density at radius 3 is 2.65 bits per heavy atom. The molecule has 2 unspecified atom stereocenters. The number of benzene rings is 2. The second-order valence-corrected chi connectivity index (χ2v) is 14.7. The van der Waals surface area contributed by atoms with Crippen molar-refractivity contribution >= 4 is 42.0 Å². The molecule has 4 aromatic rings. The number of ether oxygens (including phenoxy) is 4.